The average molecular weight is 305 g/mol. The van der Waals surface area contributed by atoms with Crippen molar-refractivity contribution in [3.63, 3.8) is 0 Å². The van der Waals surface area contributed by atoms with Crippen LogP contribution in [-0.4, -0.2) is 14.1 Å². The highest BCUT2D eigenvalue weighted by Crippen LogP contribution is 2.02. The Bertz CT molecular complexity index is 332. The minimum atomic E-state index is 1.16. The second-order valence-corrected chi connectivity index (χ2v) is 3.23. The molecule has 2 rings (SSSR count). The summed E-state index contributed by atoms with van der Waals surface area (Å²) in [6, 6.07) is 20.1. The second kappa shape index (κ2) is 24.1. The van der Waals surface area contributed by atoms with E-state index in [0.29, 0.717) is 0 Å². The zero-order valence-electron chi connectivity index (χ0n) is 15.8. The van der Waals surface area contributed by atoms with Gasteiger partial charge in [0, 0.05) is 25.5 Å². The number of nitrogens with one attached hydrogen (secondary N) is 2. The van der Waals surface area contributed by atoms with Crippen LogP contribution in [-0.2, 0) is 0 Å². The van der Waals surface area contributed by atoms with Crippen LogP contribution in [0, 0.1) is 0 Å². The molecule has 0 atom stereocenters. The molecule has 0 unspecified atom stereocenters. The smallest absolute Gasteiger partial charge is 0.0337 e. The summed E-state index contributed by atoms with van der Waals surface area (Å²) in [5.41, 5.74) is 2.32. The van der Waals surface area contributed by atoms with Crippen molar-refractivity contribution in [3.8, 4) is 0 Å². The van der Waals surface area contributed by atoms with Gasteiger partial charge in [-0.15, -0.1) is 0 Å². The number of hydrogen-bond donors (Lipinski definition) is 2. The van der Waals surface area contributed by atoms with Crippen molar-refractivity contribution in [2.24, 2.45) is 0 Å². The first-order valence-corrected chi connectivity index (χ1v) is 8.32. The van der Waals surface area contributed by atoms with Crippen molar-refractivity contribution in [1.29, 1.82) is 0 Å². The molecule has 0 radical (unpaired) electrons. The van der Waals surface area contributed by atoms with Gasteiger partial charge in [0.25, 0.3) is 0 Å². The third-order valence-corrected chi connectivity index (χ3v) is 2.12. The quantitative estimate of drug-likeness (QED) is 0.658. The Kier molecular flexibility index (Phi) is 27.4. The van der Waals surface area contributed by atoms with Crippen molar-refractivity contribution >= 4 is 11.4 Å². The van der Waals surface area contributed by atoms with Gasteiger partial charge in [-0.1, -0.05) is 77.9 Å². The van der Waals surface area contributed by atoms with E-state index in [1.54, 1.807) is 0 Å². The van der Waals surface area contributed by atoms with Gasteiger partial charge < -0.3 is 10.6 Å². The highest BCUT2D eigenvalue weighted by molar-refractivity contribution is 5.41. The van der Waals surface area contributed by atoms with Gasteiger partial charge >= 0.3 is 0 Å². The number of anilines is 2. The number of para-hydroxylation sites is 2. The Morgan fingerprint density at radius 2 is 0.682 bits per heavy atom. The summed E-state index contributed by atoms with van der Waals surface area (Å²) in [6.45, 7) is 12.0. The third-order valence-electron chi connectivity index (χ3n) is 2.12. The van der Waals surface area contributed by atoms with E-state index in [2.05, 4.69) is 10.6 Å². The maximum absolute atomic E-state index is 3.03. The van der Waals surface area contributed by atoms with Gasteiger partial charge in [0.1, 0.15) is 0 Å². The fraction of sp³-hybridized carbons (Fsp3) is 0.400. The summed E-state index contributed by atoms with van der Waals surface area (Å²) in [7, 11) is 3.82. The molecule has 0 aliphatic carbocycles. The summed E-state index contributed by atoms with van der Waals surface area (Å²) in [5.74, 6) is 0. The summed E-state index contributed by atoms with van der Waals surface area (Å²) in [4.78, 5) is 0. The zero-order valence-corrected chi connectivity index (χ0v) is 15.8. The van der Waals surface area contributed by atoms with Crippen molar-refractivity contribution in [1.82, 2.24) is 0 Å². The SMILES string of the molecule is CC.CC.CC.CNc1ccccc1.CNc1ccccc1. The van der Waals surface area contributed by atoms with Crippen LogP contribution in [0.2, 0.25) is 0 Å². The van der Waals surface area contributed by atoms with E-state index in [1.165, 1.54) is 0 Å². The van der Waals surface area contributed by atoms with E-state index in [0.717, 1.165) is 11.4 Å². The highest BCUT2D eigenvalue weighted by atomic mass is 14.8. The first kappa shape index (κ1) is 25.0. The van der Waals surface area contributed by atoms with E-state index in [1.807, 2.05) is 116 Å². The molecule has 0 spiro atoms. The molecule has 2 aromatic carbocycles. The lowest BCUT2D eigenvalue weighted by atomic mass is 10.3. The molecule has 0 amide bonds. The van der Waals surface area contributed by atoms with E-state index in [9.17, 15) is 0 Å². The largest absolute Gasteiger partial charge is 0.388 e. The normalized spacial score (nSPS) is 7.09. The van der Waals surface area contributed by atoms with Crippen molar-refractivity contribution in [2.75, 3.05) is 24.7 Å². The number of rotatable bonds is 2. The Hall–Kier alpha value is -1.96. The topological polar surface area (TPSA) is 24.1 Å². The van der Waals surface area contributed by atoms with Crippen LogP contribution in [0.25, 0.3) is 0 Å². The summed E-state index contributed by atoms with van der Waals surface area (Å²) >= 11 is 0. The van der Waals surface area contributed by atoms with Crippen LogP contribution in [0.1, 0.15) is 41.5 Å². The molecule has 0 aromatic heterocycles. The fourth-order valence-corrected chi connectivity index (χ4v) is 1.21. The van der Waals surface area contributed by atoms with Crippen LogP contribution in [0.5, 0.6) is 0 Å². The van der Waals surface area contributed by atoms with Crippen molar-refractivity contribution < 1.29 is 0 Å². The highest BCUT2D eigenvalue weighted by Gasteiger charge is 1.78. The van der Waals surface area contributed by atoms with Gasteiger partial charge in [0.2, 0.25) is 0 Å². The van der Waals surface area contributed by atoms with Crippen LogP contribution in [0.3, 0.4) is 0 Å². The Morgan fingerprint density at radius 1 is 0.455 bits per heavy atom. The molecule has 0 fully saturated rings. The molecule has 0 heterocycles. The summed E-state index contributed by atoms with van der Waals surface area (Å²) < 4.78 is 0. The molecular weight excluding hydrogens is 268 g/mol. The predicted molar refractivity (Wildman–Crippen MR) is 106 cm³/mol. The molecule has 2 aromatic rings. The number of benzene rings is 2. The molecule has 0 bridgehead atoms. The Morgan fingerprint density at radius 3 is 0.818 bits per heavy atom. The van der Waals surface area contributed by atoms with E-state index in [-0.39, 0.29) is 0 Å². The van der Waals surface area contributed by atoms with Gasteiger partial charge in [-0.2, -0.15) is 0 Å². The molecule has 22 heavy (non-hydrogen) atoms. The summed E-state index contributed by atoms with van der Waals surface area (Å²) in [5, 5.41) is 6.05. The maximum Gasteiger partial charge on any atom is 0.0337 e. The van der Waals surface area contributed by atoms with Crippen LogP contribution < -0.4 is 10.6 Å². The monoisotopic (exact) mass is 304 g/mol. The van der Waals surface area contributed by atoms with Gasteiger partial charge in [-0.3, -0.25) is 0 Å². The van der Waals surface area contributed by atoms with Crippen molar-refractivity contribution in [2.45, 2.75) is 41.5 Å². The lowest BCUT2D eigenvalue weighted by molar-refractivity contribution is 1.50. The lowest BCUT2D eigenvalue weighted by Gasteiger charge is -1.94. The second-order valence-electron chi connectivity index (χ2n) is 3.23. The molecule has 0 aliphatic rings. The molecule has 2 heteroatoms. The Labute approximate surface area is 139 Å². The van der Waals surface area contributed by atoms with Gasteiger partial charge in [0.05, 0.1) is 0 Å². The fourth-order valence-electron chi connectivity index (χ4n) is 1.21. The van der Waals surface area contributed by atoms with Crippen molar-refractivity contribution in [3.05, 3.63) is 60.7 Å². The molecule has 0 aliphatic heterocycles. The van der Waals surface area contributed by atoms with Gasteiger partial charge in [-0.25, -0.2) is 0 Å². The Balaban J connectivity index is -0.000000246. The average Bonchev–Trinajstić information content (AvgIpc) is 2.68. The maximum atomic E-state index is 3.03. The molecule has 0 saturated heterocycles. The van der Waals surface area contributed by atoms with E-state index >= 15 is 0 Å². The molecule has 2 nitrogen and oxygen atoms in total. The molecular formula is C20H36N2. The molecule has 0 saturated carbocycles. The third kappa shape index (κ3) is 16.1. The van der Waals surface area contributed by atoms with Crippen LogP contribution in [0.4, 0.5) is 11.4 Å². The minimum absolute atomic E-state index is 1.16. The predicted octanol–water partition coefficient (Wildman–Crippen LogP) is 6.54. The minimum Gasteiger partial charge on any atom is -0.388 e. The van der Waals surface area contributed by atoms with E-state index in [4.69, 9.17) is 0 Å². The van der Waals surface area contributed by atoms with Crippen LogP contribution in [0.15, 0.2) is 60.7 Å². The number of hydrogen-bond acceptors (Lipinski definition) is 2. The summed E-state index contributed by atoms with van der Waals surface area (Å²) in [6.07, 6.45) is 0. The van der Waals surface area contributed by atoms with Gasteiger partial charge in [0.15, 0.2) is 0 Å². The molecule has 2 N–H and O–H groups in total. The van der Waals surface area contributed by atoms with E-state index < -0.39 is 0 Å². The van der Waals surface area contributed by atoms with Crippen LogP contribution >= 0.6 is 0 Å². The van der Waals surface area contributed by atoms with Gasteiger partial charge in [-0.05, 0) is 24.3 Å². The zero-order chi connectivity index (χ0) is 17.6. The standard InChI is InChI=1S/2C7H9N.3C2H6/c2*1-8-7-5-3-2-4-6-7;3*1-2/h2*2-6,8H,1H3;3*1-2H3. The lowest BCUT2D eigenvalue weighted by Crippen LogP contribution is -1.84. The molecule has 126 valence electrons. The first-order chi connectivity index (χ1) is 10.9. The first-order valence-electron chi connectivity index (χ1n) is 8.32.